The summed E-state index contributed by atoms with van der Waals surface area (Å²) in [6, 6.07) is 6.16. The van der Waals surface area contributed by atoms with Gasteiger partial charge in [0.1, 0.15) is 9.75 Å². The van der Waals surface area contributed by atoms with Gasteiger partial charge in [0.15, 0.2) is 6.61 Å². The third-order valence-corrected chi connectivity index (χ3v) is 4.82. The minimum absolute atomic E-state index is 0.285. The van der Waals surface area contributed by atoms with E-state index >= 15 is 0 Å². The Morgan fingerprint density at radius 1 is 1.17 bits per heavy atom. The predicted molar refractivity (Wildman–Crippen MR) is 89.1 cm³/mol. The van der Waals surface area contributed by atoms with Crippen LogP contribution >= 0.6 is 23.2 Å². The number of carbonyl (C=O) groups excluding carboxylic acids is 3. The van der Waals surface area contributed by atoms with Crippen molar-refractivity contribution in [2.24, 2.45) is 5.41 Å². The highest BCUT2D eigenvalue weighted by Crippen LogP contribution is 2.64. The molecule has 0 bridgehead atoms. The maximum Gasteiger partial charge on any atom is 0.338 e. The molecule has 1 aromatic carbocycles. The van der Waals surface area contributed by atoms with Crippen molar-refractivity contribution in [1.82, 2.24) is 0 Å². The average molecular weight is 374 g/mol. The van der Waals surface area contributed by atoms with Crippen LogP contribution in [0.25, 0.3) is 0 Å². The van der Waals surface area contributed by atoms with Crippen LogP contribution < -0.4 is 5.32 Å². The molecule has 130 valence electrons. The number of alkyl halides is 2. The smallest absolute Gasteiger partial charge is 0.338 e. The largest absolute Gasteiger partial charge is 0.462 e. The van der Waals surface area contributed by atoms with E-state index < -0.39 is 34.2 Å². The van der Waals surface area contributed by atoms with Gasteiger partial charge in [0.05, 0.1) is 12.2 Å². The van der Waals surface area contributed by atoms with Crippen molar-refractivity contribution in [3.05, 3.63) is 29.8 Å². The monoisotopic (exact) mass is 373 g/mol. The highest BCUT2D eigenvalue weighted by atomic mass is 35.5. The maximum absolute atomic E-state index is 11.9. The van der Waals surface area contributed by atoms with Gasteiger partial charge >= 0.3 is 11.9 Å². The topological polar surface area (TPSA) is 81.7 Å². The molecule has 1 aliphatic carbocycles. The van der Waals surface area contributed by atoms with Gasteiger partial charge in [-0.05, 0) is 38.1 Å². The highest BCUT2D eigenvalue weighted by molar-refractivity contribution is 6.53. The highest BCUT2D eigenvalue weighted by Gasteiger charge is 2.69. The third-order valence-electron chi connectivity index (χ3n) is 3.72. The van der Waals surface area contributed by atoms with Crippen molar-refractivity contribution in [3.63, 3.8) is 0 Å². The number of esters is 2. The number of rotatable bonds is 6. The Morgan fingerprint density at radius 3 is 2.25 bits per heavy atom. The summed E-state index contributed by atoms with van der Waals surface area (Å²) < 4.78 is 8.67. The number of ether oxygens (including phenoxy) is 2. The lowest BCUT2D eigenvalue weighted by molar-refractivity contribution is -0.152. The van der Waals surface area contributed by atoms with Crippen LogP contribution in [0.2, 0.25) is 0 Å². The Morgan fingerprint density at radius 2 is 1.75 bits per heavy atom. The van der Waals surface area contributed by atoms with Gasteiger partial charge in [0.2, 0.25) is 0 Å². The van der Waals surface area contributed by atoms with Gasteiger partial charge in [-0.25, -0.2) is 4.79 Å². The normalized spacial score (nSPS) is 20.8. The Labute approximate surface area is 149 Å². The number of benzene rings is 1. The first-order valence-electron chi connectivity index (χ1n) is 7.32. The standard InChI is InChI=1S/C16H17Cl2NO5/c1-3-23-13(21)10-4-6-11(7-5-10)19-12(20)8-24-14(22)15(2)9-16(15,17)18/h4-7H,3,8-9H2,1-2H3,(H,19,20)/t15-/m1/s1. The predicted octanol–water partition coefficient (Wildman–Crippen LogP) is 2.93. The summed E-state index contributed by atoms with van der Waals surface area (Å²) in [7, 11) is 0. The van der Waals surface area contributed by atoms with E-state index in [1.54, 1.807) is 26.0 Å². The van der Waals surface area contributed by atoms with Gasteiger partial charge in [-0.2, -0.15) is 0 Å². The molecular weight excluding hydrogens is 357 g/mol. The number of hydrogen-bond acceptors (Lipinski definition) is 5. The second-order valence-corrected chi connectivity index (χ2v) is 7.12. The zero-order valence-corrected chi connectivity index (χ0v) is 14.7. The lowest BCUT2D eigenvalue weighted by Gasteiger charge is -2.12. The zero-order valence-electron chi connectivity index (χ0n) is 13.2. The van der Waals surface area contributed by atoms with E-state index in [1.165, 1.54) is 12.1 Å². The van der Waals surface area contributed by atoms with Gasteiger partial charge in [-0.3, -0.25) is 9.59 Å². The maximum atomic E-state index is 11.9. The molecule has 6 nitrogen and oxygen atoms in total. The minimum atomic E-state index is -1.14. The van der Waals surface area contributed by atoms with E-state index in [-0.39, 0.29) is 6.61 Å². The Bertz CT molecular complexity index is 659. The molecule has 2 rings (SSSR count). The van der Waals surface area contributed by atoms with Crippen molar-refractivity contribution in [3.8, 4) is 0 Å². The number of halogens is 2. The molecule has 1 fully saturated rings. The molecule has 24 heavy (non-hydrogen) atoms. The minimum Gasteiger partial charge on any atom is -0.462 e. The van der Waals surface area contributed by atoms with Crippen LogP contribution in [0.3, 0.4) is 0 Å². The number of nitrogens with one attached hydrogen (secondary N) is 1. The van der Waals surface area contributed by atoms with E-state index in [4.69, 9.17) is 32.7 Å². The quantitative estimate of drug-likeness (QED) is 0.612. The second kappa shape index (κ2) is 6.99. The molecular formula is C16H17Cl2NO5. The lowest BCUT2D eigenvalue weighted by Crippen LogP contribution is -2.26. The van der Waals surface area contributed by atoms with Crippen LogP contribution in [0, 0.1) is 5.41 Å². The van der Waals surface area contributed by atoms with Gasteiger partial charge in [0, 0.05) is 12.1 Å². The molecule has 0 saturated heterocycles. The molecule has 1 aromatic rings. The number of carbonyl (C=O) groups is 3. The molecule has 0 radical (unpaired) electrons. The molecule has 1 aliphatic rings. The van der Waals surface area contributed by atoms with E-state index in [9.17, 15) is 14.4 Å². The SMILES string of the molecule is CCOC(=O)c1ccc(NC(=O)COC(=O)[C@@]2(C)CC2(Cl)Cl)cc1. The lowest BCUT2D eigenvalue weighted by atomic mass is 10.1. The van der Waals surface area contributed by atoms with Crippen LogP contribution in [-0.4, -0.2) is 35.4 Å². The second-order valence-electron chi connectivity index (χ2n) is 5.64. The summed E-state index contributed by atoms with van der Waals surface area (Å²) in [5.41, 5.74) is -0.133. The summed E-state index contributed by atoms with van der Waals surface area (Å²) >= 11 is 11.8. The molecule has 0 heterocycles. The van der Waals surface area contributed by atoms with Gasteiger partial charge in [-0.15, -0.1) is 23.2 Å². The van der Waals surface area contributed by atoms with Crippen LogP contribution in [0.15, 0.2) is 24.3 Å². The fourth-order valence-electron chi connectivity index (χ4n) is 2.01. The molecule has 0 aliphatic heterocycles. The van der Waals surface area contributed by atoms with Crippen molar-refractivity contribution in [2.45, 2.75) is 24.6 Å². The fourth-order valence-corrected chi connectivity index (χ4v) is 2.70. The molecule has 1 atom stereocenters. The number of amides is 1. The van der Waals surface area contributed by atoms with E-state index in [0.29, 0.717) is 17.7 Å². The molecule has 8 heteroatoms. The molecule has 1 N–H and O–H groups in total. The summed E-state index contributed by atoms with van der Waals surface area (Å²) in [5, 5.41) is 2.55. The van der Waals surface area contributed by atoms with Crippen molar-refractivity contribution >= 4 is 46.7 Å². The van der Waals surface area contributed by atoms with Crippen molar-refractivity contribution < 1.29 is 23.9 Å². The van der Waals surface area contributed by atoms with Crippen molar-refractivity contribution in [2.75, 3.05) is 18.5 Å². The summed E-state index contributed by atoms with van der Waals surface area (Å²) in [6.45, 7) is 3.14. The molecule has 0 spiro atoms. The van der Waals surface area contributed by atoms with Gasteiger partial charge in [0.25, 0.3) is 5.91 Å². The Balaban J connectivity index is 1.82. The van der Waals surface area contributed by atoms with Crippen LogP contribution in [0.4, 0.5) is 5.69 Å². The van der Waals surface area contributed by atoms with E-state index in [1.807, 2.05) is 0 Å². The van der Waals surface area contributed by atoms with Gasteiger partial charge < -0.3 is 14.8 Å². The molecule has 1 amide bonds. The van der Waals surface area contributed by atoms with E-state index in [2.05, 4.69) is 5.32 Å². The third kappa shape index (κ3) is 3.99. The summed E-state index contributed by atoms with van der Waals surface area (Å²) in [4.78, 5) is 35.2. The van der Waals surface area contributed by atoms with Crippen molar-refractivity contribution in [1.29, 1.82) is 0 Å². The summed E-state index contributed by atoms with van der Waals surface area (Å²) in [5.74, 6) is -1.56. The summed E-state index contributed by atoms with van der Waals surface area (Å²) in [6.07, 6.45) is 0.291. The van der Waals surface area contributed by atoms with E-state index in [0.717, 1.165) is 0 Å². The molecule has 1 saturated carbocycles. The molecule has 0 unspecified atom stereocenters. The first kappa shape index (κ1) is 18.5. The number of hydrogen-bond donors (Lipinski definition) is 1. The first-order chi connectivity index (χ1) is 11.2. The van der Waals surface area contributed by atoms with Crippen LogP contribution in [0.1, 0.15) is 30.6 Å². The fraction of sp³-hybridized carbons (Fsp3) is 0.438. The van der Waals surface area contributed by atoms with Crippen LogP contribution in [0.5, 0.6) is 0 Å². The average Bonchev–Trinajstić information content (AvgIpc) is 3.05. The zero-order chi connectivity index (χ0) is 18.0. The molecule has 0 aromatic heterocycles. The number of anilines is 1. The Kier molecular flexibility index (Phi) is 5.40. The van der Waals surface area contributed by atoms with Crippen LogP contribution in [-0.2, 0) is 19.1 Å². The van der Waals surface area contributed by atoms with Gasteiger partial charge in [-0.1, -0.05) is 0 Å². The Hall–Kier alpha value is -1.79. The first-order valence-corrected chi connectivity index (χ1v) is 8.07.